The van der Waals surface area contributed by atoms with Crippen LogP contribution < -0.4 is 10.7 Å². The number of fused-ring (bicyclic) bond motifs is 5. The highest BCUT2D eigenvalue weighted by Crippen LogP contribution is 2.71. The summed E-state index contributed by atoms with van der Waals surface area (Å²) in [4.78, 5) is 25.6. The van der Waals surface area contributed by atoms with Gasteiger partial charge in [0.2, 0.25) is 0 Å². The first-order valence-corrected chi connectivity index (χ1v) is 16.0. The van der Waals surface area contributed by atoms with E-state index in [1.807, 2.05) is 32.9 Å². The number of ether oxygens (including phenoxy) is 1. The Bertz CT molecular complexity index is 1380. The number of carbonyl (C=O) groups is 2. The van der Waals surface area contributed by atoms with Crippen molar-refractivity contribution in [3.05, 3.63) is 53.6 Å². The molecule has 44 heavy (non-hydrogen) atoms. The predicted octanol–water partition coefficient (Wildman–Crippen LogP) is 5.22. The first-order valence-electron chi connectivity index (χ1n) is 16.0. The van der Waals surface area contributed by atoms with Crippen LogP contribution in [0.4, 0.5) is 10.1 Å². The summed E-state index contributed by atoms with van der Waals surface area (Å²) in [6, 6.07) is 7.10. The third-order valence-electron chi connectivity index (χ3n) is 11.8. The van der Waals surface area contributed by atoms with Crippen molar-refractivity contribution in [3.63, 3.8) is 0 Å². The van der Waals surface area contributed by atoms with E-state index in [4.69, 9.17) is 4.74 Å². The van der Waals surface area contributed by atoms with E-state index in [-0.39, 0.29) is 24.2 Å². The van der Waals surface area contributed by atoms with Gasteiger partial charge in [-0.15, -0.1) is 0 Å². The minimum Gasteiger partial charge on any atom is -0.390 e. The molecule has 0 spiro atoms. The van der Waals surface area contributed by atoms with E-state index in [1.54, 1.807) is 30.3 Å². The van der Waals surface area contributed by atoms with Crippen LogP contribution in [-0.2, 0) is 9.53 Å². The molecule has 9 heteroatoms. The number of halogens is 1. The number of ketones is 1. The molecule has 8 nitrogen and oxygen atoms in total. The number of benzene rings is 1. The van der Waals surface area contributed by atoms with Gasteiger partial charge in [-0.3, -0.25) is 15.0 Å². The van der Waals surface area contributed by atoms with Crippen molar-refractivity contribution >= 4 is 23.1 Å². The smallest absolute Gasteiger partial charge is 0.251 e. The molecule has 0 saturated heterocycles. The molecule has 1 aromatic rings. The number of nitrogens with zero attached hydrogens (tertiary/aromatic N) is 1. The molecule has 1 aromatic carbocycles. The second kappa shape index (κ2) is 11.8. The Hall–Kier alpha value is -2.88. The van der Waals surface area contributed by atoms with Crippen LogP contribution in [0.3, 0.4) is 0 Å². The Balaban J connectivity index is 1.35. The SMILES string of the molecule is CCC(C)CNC(=O)c1ccc(N/N=C2\C=C[C@@]3(C)C(=C2)CC[C@H]2[C@@H]4C[C@@H](C)[C@](OC)(C(=O)CO)[C@@]4(C)C[C@H](O)[C@@]23F)cc1. The highest BCUT2D eigenvalue weighted by Gasteiger charge is 2.76. The van der Waals surface area contributed by atoms with Crippen LogP contribution in [0, 0.1) is 34.5 Å². The lowest BCUT2D eigenvalue weighted by atomic mass is 9.44. The Morgan fingerprint density at radius 3 is 2.55 bits per heavy atom. The molecule has 5 rings (SSSR count). The number of aliphatic hydroxyl groups excluding tert-OH is 2. The van der Waals surface area contributed by atoms with Crippen LogP contribution in [0.5, 0.6) is 0 Å². The molecule has 3 saturated carbocycles. The van der Waals surface area contributed by atoms with Gasteiger partial charge in [0, 0.05) is 36.0 Å². The molecule has 0 aromatic heterocycles. The van der Waals surface area contributed by atoms with E-state index >= 15 is 4.39 Å². The van der Waals surface area contributed by atoms with Crippen LogP contribution >= 0.6 is 0 Å². The molecule has 0 bridgehead atoms. The number of rotatable bonds is 9. The van der Waals surface area contributed by atoms with Crippen molar-refractivity contribution in [1.82, 2.24) is 5.32 Å². The number of aliphatic hydroxyl groups is 2. The van der Waals surface area contributed by atoms with Gasteiger partial charge in [0.05, 0.1) is 17.5 Å². The molecular formula is C35H48FN3O5. The fourth-order valence-corrected chi connectivity index (χ4v) is 9.21. The monoisotopic (exact) mass is 609 g/mol. The summed E-state index contributed by atoms with van der Waals surface area (Å²) in [5.41, 5.74) is 0.816. The number of hydrazone groups is 1. The number of anilines is 1. The van der Waals surface area contributed by atoms with Crippen LogP contribution in [0.2, 0.25) is 0 Å². The Morgan fingerprint density at radius 1 is 1.20 bits per heavy atom. The molecule has 1 amide bonds. The van der Waals surface area contributed by atoms with E-state index in [0.717, 1.165) is 17.7 Å². The Labute approximate surface area is 260 Å². The van der Waals surface area contributed by atoms with E-state index in [9.17, 15) is 19.8 Å². The maximum absolute atomic E-state index is 17.7. The summed E-state index contributed by atoms with van der Waals surface area (Å²) >= 11 is 0. The van der Waals surface area contributed by atoms with Gasteiger partial charge in [-0.05, 0) is 86.8 Å². The number of carbonyl (C=O) groups excluding carboxylic acids is 2. The second-order valence-corrected chi connectivity index (χ2v) is 14.0. The maximum atomic E-state index is 17.7. The minimum absolute atomic E-state index is 0.0689. The summed E-state index contributed by atoms with van der Waals surface area (Å²) in [5, 5.41) is 29.0. The molecule has 9 atom stereocenters. The number of alkyl halides is 1. The van der Waals surface area contributed by atoms with Gasteiger partial charge in [-0.25, -0.2) is 4.39 Å². The molecule has 4 aliphatic carbocycles. The lowest BCUT2D eigenvalue weighted by molar-refractivity contribution is -0.224. The van der Waals surface area contributed by atoms with Crippen molar-refractivity contribution < 1.29 is 28.9 Å². The highest BCUT2D eigenvalue weighted by atomic mass is 19.1. The molecule has 4 aliphatic rings. The van der Waals surface area contributed by atoms with E-state index in [2.05, 4.69) is 29.7 Å². The predicted molar refractivity (Wildman–Crippen MR) is 169 cm³/mol. The maximum Gasteiger partial charge on any atom is 0.251 e. The highest BCUT2D eigenvalue weighted by molar-refractivity contribution is 6.06. The van der Waals surface area contributed by atoms with Crippen LogP contribution in [0.1, 0.15) is 77.1 Å². The number of hydrogen-bond donors (Lipinski definition) is 4. The van der Waals surface area contributed by atoms with Crippen LogP contribution in [0.25, 0.3) is 0 Å². The zero-order chi connectivity index (χ0) is 32.1. The van der Waals surface area contributed by atoms with Gasteiger partial charge in [-0.2, -0.15) is 5.10 Å². The van der Waals surface area contributed by atoms with Gasteiger partial charge in [0.25, 0.3) is 5.91 Å². The van der Waals surface area contributed by atoms with Gasteiger partial charge in [-0.1, -0.05) is 45.8 Å². The molecule has 0 radical (unpaired) electrons. The molecule has 0 aliphatic heterocycles. The number of nitrogens with one attached hydrogen (secondary N) is 2. The van der Waals surface area contributed by atoms with E-state index in [0.29, 0.717) is 43.0 Å². The van der Waals surface area contributed by atoms with Gasteiger partial charge < -0.3 is 20.3 Å². The number of methoxy groups -OCH3 is 1. The van der Waals surface area contributed by atoms with Crippen LogP contribution in [-0.4, -0.2) is 65.3 Å². The standard InChI is InChI=1S/C35H48FN3O5/c1-7-21(2)19-37-31(43)23-8-11-25(12-9-23)38-39-26-14-15-32(4)24(17-26)10-13-27-28-16-22(3)35(44-6,30(42)20-40)33(28,5)18-29(41)34(27,32)36/h8-9,11-12,14-15,17,21-22,27-29,38,40-41H,7,10,13,16,18-20H2,1-6H3,(H,37,43)/b39-26+/t21?,22-,27+,28+,29+,32+,33+,34+,35+/m1/s1. The zero-order valence-corrected chi connectivity index (χ0v) is 26.8. The van der Waals surface area contributed by atoms with Crippen molar-refractivity contribution in [2.45, 2.75) is 84.1 Å². The molecule has 4 N–H and O–H groups in total. The summed E-state index contributed by atoms with van der Waals surface area (Å²) in [6.07, 6.45) is 7.05. The van der Waals surface area contributed by atoms with Crippen molar-refractivity contribution in [2.75, 3.05) is 25.7 Å². The first-order chi connectivity index (χ1) is 20.8. The largest absolute Gasteiger partial charge is 0.390 e. The summed E-state index contributed by atoms with van der Waals surface area (Å²) in [7, 11) is 1.49. The topological polar surface area (TPSA) is 120 Å². The summed E-state index contributed by atoms with van der Waals surface area (Å²) in [6.45, 7) is 9.92. The number of hydrogen-bond acceptors (Lipinski definition) is 7. The van der Waals surface area contributed by atoms with Gasteiger partial charge in [0.15, 0.2) is 11.5 Å². The van der Waals surface area contributed by atoms with Gasteiger partial charge >= 0.3 is 0 Å². The fraction of sp³-hybridized carbons (Fsp3) is 0.629. The third-order valence-corrected chi connectivity index (χ3v) is 11.8. The molecule has 240 valence electrons. The summed E-state index contributed by atoms with van der Waals surface area (Å²) < 4.78 is 23.6. The fourth-order valence-electron chi connectivity index (χ4n) is 9.21. The minimum atomic E-state index is -1.94. The van der Waals surface area contributed by atoms with Crippen molar-refractivity contribution in [1.29, 1.82) is 0 Å². The molecular weight excluding hydrogens is 561 g/mol. The number of allylic oxidation sites excluding steroid dienone is 4. The number of amides is 1. The Morgan fingerprint density at radius 2 is 1.91 bits per heavy atom. The van der Waals surface area contributed by atoms with Gasteiger partial charge in [0.1, 0.15) is 12.2 Å². The van der Waals surface area contributed by atoms with E-state index < -0.39 is 46.5 Å². The van der Waals surface area contributed by atoms with Crippen molar-refractivity contribution in [3.8, 4) is 0 Å². The normalized spacial score (nSPS) is 39.1. The summed E-state index contributed by atoms with van der Waals surface area (Å²) in [5.74, 6) is -0.978. The zero-order valence-electron chi connectivity index (χ0n) is 26.8. The number of Topliss-reactive ketones (excluding diaryl/α,β-unsaturated/α-hetero) is 1. The average Bonchev–Trinajstić information content (AvgIpc) is 3.24. The quantitative estimate of drug-likeness (QED) is 0.285. The average molecular weight is 610 g/mol. The van der Waals surface area contributed by atoms with E-state index in [1.165, 1.54) is 7.11 Å². The van der Waals surface area contributed by atoms with Crippen LogP contribution in [0.15, 0.2) is 53.2 Å². The lowest BCUT2D eigenvalue weighted by Crippen LogP contribution is -2.69. The second-order valence-electron chi connectivity index (χ2n) is 14.0. The molecule has 1 unspecified atom stereocenters. The lowest BCUT2D eigenvalue weighted by Gasteiger charge is -2.63. The first kappa shape index (κ1) is 32.5. The van der Waals surface area contributed by atoms with Crippen molar-refractivity contribution in [2.24, 2.45) is 39.6 Å². The molecule has 0 heterocycles. The molecule has 3 fully saturated rings. The Kier molecular flexibility index (Phi) is 8.72. The third kappa shape index (κ3) is 4.69.